The van der Waals surface area contributed by atoms with Crippen molar-refractivity contribution in [2.24, 2.45) is 4.99 Å². The van der Waals surface area contributed by atoms with Crippen LogP contribution in [-0.4, -0.2) is 61.9 Å². The highest BCUT2D eigenvalue weighted by atomic mass is 127. The van der Waals surface area contributed by atoms with Crippen molar-refractivity contribution in [2.75, 3.05) is 39.8 Å². The summed E-state index contributed by atoms with van der Waals surface area (Å²) in [5.41, 5.74) is 5.15. The third-order valence-electron chi connectivity index (χ3n) is 5.66. The minimum absolute atomic E-state index is 0. The molecule has 0 amide bonds. The lowest BCUT2D eigenvalue weighted by Gasteiger charge is -2.30. The number of ether oxygens (including phenoxy) is 1. The van der Waals surface area contributed by atoms with Crippen molar-refractivity contribution in [1.29, 1.82) is 0 Å². The fraction of sp³-hybridized carbons (Fsp3) is 0.480. The third kappa shape index (κ3) is 7.94. The largest absolute Gasteiger partial charge is 0.496 e. The SMILES string of the molecule is CCNC(=NCC(O)CN1CCc2ccccc2C1)NCCc1ccc(C)c(OC)c1.I. The van der Waals surface area contributed by atoms with Gasteiger partial charge in [0.15, 0.2) is 5.96 Å². The van der Waals surface area contributed by atoms with Gasteiger partial charge in [-0.05, 0) is 55.0 Å². The number of β-amino-alcohol motifs (C(OH)–C–C–N with tert-alkyl or cyclic N) is 1. The number of methoxy groups -OCH3 is 1. The lowest BCUT2D eigenvalue weighted by atomic mass is 10.00. The zero-order valence-corrected chi connectivity index (χ0v) is 21.8. The van der Waals surface area contributed by atoms with E-state index in [1.54, 1.807) is 7.11 Å². The molecule has 6 nitrogen and oxygen atoms in total. The fourth-order valence-electron chi connectivity index (χ4n) is 3.95. The summed E-state index contributed by atoms with van der Waals surface area (Å²) in [4.78, 5) is 6.91. The molecule has 1 aliphatic heterocycles. The van der Waals surface area contributed by atoms with Gasteiger partial charge in [-0.15, -0.1) is 24.0 Å². The first-order chi connectivity index (χ1) is 15.1. The molecule has 7 heteroatoms. The second-order valence-corrected chi connectivity index (χ2v) is 8.11. The summed E-state index contributed by atoms with van der Waals surface area (Å²) in [6.07, 6.45) is 1.43. The number of benzene rings is 2. The molecule has 1 atom stereocenters. The van der Waals surface area contributed by atoms with Crippen LogP contribution >= 0.6 is 24.0 Å². The molecule has 1 aliphatic rings. The van der Waals surface area contributed by atoms with Crippen molar-refractivity contribution in [3.05, 3.63) is 64.7 Å². The van der Waals surface area contributed by atoms with Gasteiger partial charge in [0.05, 0.1) is 19.8 Å². The topological polar surface area (TPSA) is 69.1 Å². The van der Waals surface area contributed by atoms with E-state index in [0.717, 1.165) is 56.3 Å². The monoisotopic (exact) mass is 552 g/mol. The number of nitrogens with one attached hydrogen (secondary N) is 2. The van der Waals surface area contributed by atoms with Crippen LogP contribution in [0.25, 0.3) is 0 Å². The number of aliphatic imine (C=N–C) groups is 1. The maximum atomic E-state index is 10.5. The van der Waals surface area contributed by atoms with Crippen LogP contribution in [0.1, 0.15) is 29.2 Å². The quantitative estimate of drug-likeness (QED) is 0.254. The predicted octanol–water partition coefficient (Wildman–Crippen LogP) is 3.14. The predicted molar refractivity (Wildman–Crippen MR) is 142 cm³/mol. The maximum absolute atomic E-state index is 10.5. The van der Waals surface area contributed by atoms with E-state index < -0.39 is 6.10 Å². The lowest BCUT2D eigenvalue weighted by molar-refractivity contribution is 0.111. The number of fused-ring (bicyclic) bond motifs is 1. The van der Waals surface area contributed by atoms with Gasteiger partial charge in [-0.1, -0.05) is 36.4 Å². The first kappa shape index (κ1) is 26.4. The number of rotatable bonds is 9. The molecule has 0 radical (unpaired) electrons. The molecule has 0 fully saturated rings. The molecular formula is C25H37IN4O2. The van der Waals surface area contributed by atoms with Gasteiger partial charge < -0.3 is 20.5 Å². The van der Waals surface area contributed by atoms with Crippen molar-refractivity contribution < 1.29 is 9.84 Å². The van der Waals surface area contributed by atoms with E-state index in [-0.39, 0.29) is 24.0 Å². The number of aliphatic hydroxyl groups excluding tert-OH is 1. The van der Waals surface area contributed by atoms with Crippen molar-refractivity contribution in [1.82, 2.24) is 15.5 Å². The first-order valence-corrected chi connectivity index (χ1v) is 11.2. The Labute approximate surface area is 209 Å². The minimum Gasteiger partial charge on any atom is -0.496 e. The number of hydrogen-bond acceptors (Lipinski definition) is 4. The molecule has 2 aromatic carbocycles. The van der Waals surface area contributed by atoms with Gasteiger partial charge in [0.2, 0.25) is 0 Å². The van der Waals surface area contributed by atoms with E-state index in [2.05, 4.69) is 63.0 Å². The highest BCUT2D eigenvalue weighted by molar-refractivity contribution is 14.0. The Hall–Kier alpha value is -1.84. The molecule has 1 heterocycles. The van der Waals surface area contributed by atoms with Gasteiger partial charge in [0.1, 0.15) is 5.75 Å². The number of nitrogens with zero attached hydrogens (tertiary/aromatic N) is 2. The van der Waals surface area contributed by atoms with E-state index >= 15 is 0 Å². The molecule has 3 rings (SSSR count). The Kier molecular flexibility index (Phi) is 11.3. The van der Waals surface area contributed by atoms with E-state index in [0.29, 0.717) is 13.1 Å². The molecule has 0 aliphatic carbocycles. The van der Waals surface area contributed by atoms with E-state index in [9.17, 15) is 5.11 Å². The normalized spacial score (nSPS) is 14.8. The minimum atomic E-state index is -0.484. The molecule has 2 aromatic rings. The standard InChI is InChI=1S/C25H36N4O2.HI/c1-4-26-25(27-13-11-20-10-9-19(2)24(15-20)31-3)28-16-23(30)18-29-14-12-21-7-5-6-8-22(21)17-29;/h5-10,15,23,30H,4,11-14,16-18H2,1-3H3,(H2,26,27,28);1H. The summed E-state index contributed by atoms with van der Waals surface area (Å²) >= 11 is 0. The number of guanidine groups is 1. The smallest absolute Gasteiger partial charge is 0.191 e. The van der Waals surface area contributed by atoms with Gasteiger partial charge in [0.25, 0.3) is 0 Å². The summed E-state index contributed by atoms with van der Waals surface area (Å²) in [6.45, 7) is 8.53. The van der Waals surface area contributed by atoms with Gasteiger partial charge in [-0.3, -0.25) is 9.89 Å². The van der Waals surface area contributed by atoms with Gasteiger partial charge in [-0.2, -0.15) is 0 Å². The first-order valence-electron chi connectivity index (χ1n) is 11.2. The Morgan fingerprint density at radius 2 is 1.97 bits per heavy atom. The molecular weight excluding hydrogens is 515 g/mol. The molecule has 176 valence electrons. The summed E-state index contributed by atoms with van der Waals surface area (Å²) in [5.74, 6) is 1.66. The zero-order valence-electron chi connectivity index (χ0n) is 19.4. The van der Waals surface area contributed by atoms with E-state index in [1.165, 1.54) is 16.7 Å². The molecule has 0 saturated heterocycles. The average Bonchev–Trinajstić information content (AvgIpc) is 2.78. The van der Waals surface area contributed by atoms with Crippen molar-refractivity contribution >= 4 is 29.9 Å². The Balaban J connectivity index is 0.00000363. The molecule has 1 unspecified atom stereocenters. The molecule has 0 aromatic heterocycles. The van der Waals surface area contributed by atoms with Crippen LogP contribution in [0.15, 0.2) is 47.5 Å². The van der Waals surface area contributed by atoms with Crippen LogP contribution in [-0.2, 0) is 19.4 Å². The summed E-state index contributed by atoms with van der Waals surface area (Å²) < 4.78 is 5.41. The number of aryl methyl sites for hydroxylation is 1. The van der Waals surface area contributed by atoms with Crippen LogP contribution in [0, 0.1) is 6.92 Å². The molecule has 0 saturated carbocycles. The molecule has 0 bridgehead atoms. The third-order valence-corrected chi connectivity index (χ3v) is 5.66. The number of aliphatic hydroxyl groups is 1. The van der Waals surface area contributed by atoms with Crippen LogP contribution < -0.4 is 15.4 Å². The summed E-state index contributed by atoms with van der Waals surface area (Å²) in [5, 5.41) is 17.2. The number of hydrogen-bond donors (Lipinski definition) is 3. The van der Waals surface area contributed by atoms with E-state index in [1.807, 2.05) is 13.8 Å². The second kappa shape index (κ2) is 13.6. The lowest BCUT2D eigenvalue weighted by Crippen LogP contribution is -2.40. The zero-order chi connectivity index (χ0) is 22.1. The highest BCUT2D eigenvalue weighted by Gasteiger charge is 2.18. The van der Waals surface area contributed by atoms with E-state index in [4.69, 9.17) is 4.74 Å². The molecule has 3 N–H and O–H groups in total. The highest BCUT2D eigenvalue weighted by Crippen LogP contribution is 2.19. The second-order valence-electron chi connectivity index (χ2n) is 8.11. The van der Waals surface area contributed by atoms with Crippen LogP contribution in [0.5, 0.6) is 5.75 Å². The fourth-order valence-corrected chi connectivity index (χ4v) is 3.95. The van der Waals surface area contributed by atoms with Gasteiger partial charge in [0, 0.05) is 32.7 Å². The van der Waals surface area contributed by atoms with Crippen LogP contribution in [0.2, 0.25) is 0 Å². The maximum Gasteiger partial charge on any atom is 0.191 e. The van der Waals surface area contributed by atoms with Crippen molar-refractivity contribution in [3.8, 4) is 5.75 Å². The molecule has 0 spiro atoms. The van der Waals surface area contributed by atoms with Crippen molar-refractivity contribution in [3.63, 3.8) is 0 Å². The average molecular weight is 553 g/mol. The Morgan fingerprint density at radius 3 is 2.72 bits per heavy atom. The van der Waals surface area contributed by atoms with Gasteiger partial charge >= 0.3 is 0 Å². The Bertz CT molecular complexity index is 875. The summed E-state index contributed by atoms with van der Waals surface area (Å²) in [6, 6.07) is 14.9. The Morgan fingerprint density at radius 1 is 1.19 bits per heavy atom. The molecule has 32 heavy (non-hydrogen) atoms. The van der Waals surface area contributed by atoms with Gasteiger partial charge in [-0.25, -0.2) is 0 Å². The number of halogens is 1. The van der Waals surface area contributed by atoms with Crippen LogP contribution in [0.3, 0.4) is 0 Å². The summed E-state index contributed by atoms with van der Waals surface area (Å²) in [7, 11) is 1.70. The van der Waals surface area contributed by atoms with Crippen LogP contribution in [0.4, 0.5) is 0 Å². The van der Waals surface area contributed by atoms with Crippen molar-refractivity contribution in [2.45, 2.75) is 39.3 Å².